The second-order valence-electron chi connectivity index (χ2n) is 5.90. The Balaban J connectivity index is 0.00000153. The first kappa shape index (κ1) is 25.2. The van der Waals surface area contributed by atoms with Crippen LogP contribution in [0.4, 0.5) is 4.79 Å². The maximum absolute atomic E-state index is 12.2. The first-order valence-electron chi connectivity index (χ1n) is 9.16. The van der Waals surface area contributed by atoms with E-state index in [1.807, 2.05) is 24.3 Å². The number of carboxylic acid groups (broad SMARTS) is 2. The number of nitrogens with one attached hydrogen (secondary N) is 1. The number of rotatable bonds is 11. The lowest BCUT2D eigenvalue weighted by Gasteiger charge is -2.22. The molecule has 7 nitrogen and oxygen atoms in total. The summed E-state index contributed by atoms with van der Waals surface area (Å²) in [5.41, 5.74) is 6.09. The third-order valence-electron chi connectivity index (χ3n) is 3.75. The number of halogens is 1. The number of benzene rings is 1. The lowest BCUT2D eigenvalue weighted by Crippen LogP contribution is -2.27. The molecule has 0 aliphatic rings. The van der Waals surface area contributed by atoms with Crippen molar-refractivity contribution in [3.05, 3.63) is 29.8 Å². The van der Waals surface area contributed by atoms with E-state index in [-0.39, 0.29) is 12.0 Å². The molecule has 2 atom stereocenters. The zero-order valence-electron chi connectivity index (χ0n) is 16.0. The topological polar surface area (TPSA) is 122 Å². The molecule has 1 amide bonds. The van der Waals surface area contributed by atoms with Crippen molar-refractivity contribution in [2.45, 2.75) is 56.9 Å². The molecule has 5 N–H and O–H groups in total. The Hall–Kier alpha value is -1.80. The highest BCUT2D eigenvalue weighted by Crippen LogP contribution is 2.21. The zero-order valence-corrected chi connectivity index (χ0v) is 17.6. The molecule has 0 aliphatic heterocycles. The van der Waals surface area contributed by atoms with Crippen LogP contribution in [0.2, 0.25) is 0 Å². The fraction of sp³-hybridized carbons (Fsp3) is 0.579. The van der Waals surface area contributed by atoms with Crippen molar-refractivity contribution in [1.29, 1.82) is 0 Å². The van der Waals surface area contributed by atoms with Crippen LogP contribution in [0.25, 0.3) is 0 Å². The number of unbranched alkanes of at least 4 members (excludes halogenated alkanes) is 2. The van der Waals surface area contributed by atoms with E-state index in [0.29, 0.717) is 23.5 Å². The Kier molecular flexibility index (Phi) is 14.3. The lowest BCUT2D eigenvalue weighted by atomic mass is 10.1. The highest BCUT2D eigenvalue weighted by Gasteiger charge is 2.17. The van der Waals surface area contributed by atoms with Gasteiger partial charge in [0.05, 0.1) is 4.83 Å². The van der Waals surface area contributed by atoms with Gasteiger partial charge in [-0.15, -0.1) is 0 Å². The molecule has 0 heterocycles. The Morgan fingerprint density at radius 2 is 1.85 bits per heavy atom. The Bertz CT molecular complexity index is 553. The van der Waals surface area contributed by atoms with Crippen LogP contribution in [0.5, 0.6) is 5.75 Å². The van der Waals surface area contributed by atoms with E-state index < -0.39 is 6.16 Å². The van der Waals surface area contributed by atoms with E-state index in [1.54, 1.807) is 0 Å². The van der Waals surface area contributed by atoms with E-state index in [2.05, 4.69) is 35.1 Å². The molecule has 154 valence electrons. The van der Waals surface area contributed by atoms with Crippen molar-refractivity contribution in [3.8, 4) is 5.75 Å². The van der Waals surface area contributed by atoms with Crippen LogP contribution in [0.3, 0.4) is 0 Å². The molecule has 0 fully saturated rings. The standard InChI is InChI=1S/C18H29BrN2O2.CH2O3/c1-3-16(19)17(4-2)23-15-10-8-9-14(13-15)18(22)21-12-7-5-6-11-20;2-1(3)4/h8-10,13,16-17H,3-7,11-12,20H2,1-2H3,(H,21,22);(H2,2,3,4). The molecule has 0 aliphatic carbocycles. The normalized spacial score (nSPS) is 12.3. The summed E-state index contributed by atoms with van der Waals surface area (Å²) in [6.07, 6.45) is 3.20. The van der Waals surface area contributed by atoms with Crippen LogP contribution >= 0.6 is 15.9 Å². The zero-order chi connectivity index (χ0) is 20.7. The predicted octanol–water partition coefficient (Wildman–Crippen LogP) is 4.10. The number of hydrogen-bond acceptors (Lipinski definition) is 4. The molecule has 1 rings (SSSR count). The van der Waals surface area contributed by atoms with Gasteiger partial charge < -0.3 is 26.0 Å². The van der Waals surface area contributed by atoms with Crippen molar-refractivity contribution in [1.82, 2.24) is 5.32 Å². The predicted molar refractivity (Wildman–Crippen MR) is 110 cm³/mol. The van der Waals surface area contributed by atoms with Crippen molar-refractivity contribution in [3.63, 3.8) is 0 Å². The van der Waals surface area contributed by atoms with Gasteiger partial charge in [0.25, 0.3) is 5.91 Å². The summed E-state index contributed by atoms with van der Waals surface area (Å²) in [5, 5.41) is 16.9. The van der Waals surface area contributed by atoms with E-state index in [9.17, 15) is 4.79 Å². The van der Waals surface area contributed by atoms with Gasteiger partial charge in [-0.05, 0) is 50.4 Å². The van der Waals surface area contributed by atoms with Gasteiger partial charge in [-0.2, -0.15) is 0 Å². The van der Waals surface area contributed by atoms with E-state index in [4.69, 9.17) is 25.5 Å². The fourth-order valence-corrected chi connectivity index (χ4v) is 2.79. The second kappa shape index (κ2) is 15.3. The van der Waals surface area contributed by atoms with Crippen molar-refractivity contribution in [2.75, 3.05) is 13.1 Å². The average Bonchev–Trinajstić information content (AvgIpc) is 2.65. The number of ether oxygens (including phenoxy) is 1. The maximum Gasteiger partial charge on any atom is 0.503 e. The molecule has 0 saturated heterocycles. The Labute approximate surface area is 169 Å². The van der Waals surface area contributed by atoms with Gasteiger partial charge in [0.2, 0.25) is 0 Å². The molecule has 27 heavy (non-hydrogen) atoms. The molecule has 0 saturated carbocycles. The summed E-state index contributed by atoms with van der Waals surface area (Å²) in [6.45, 7) is 5.62. The van der Waals surface area contributed by atoms with Gasteiger partial charge >= 0.3 is 6.16 Å². The number of nitrogens with two attached hydrogens (primary N) is 1. The number of amides is 1. The summed E-state index contributed by atoms with van der Waals surface area (Å²) in [7, 11) is 0. The van der Waals surface area contributed by atoms with Gasteiger partial charge in [0.1, 0.15) is 11.9 Å². The summed E-state index contributed by atoms with van der Waals surface area (Å²) >= 11 is 3.65. The highest BCUT2D eigenvalue weighted by atomic mass is 79.9. The quantitative estimate of drug-likeness (QED) is 0.299. The molecule has 0 spiro atoms. The average molecular weight is 447 g/mol. The summed E-state index contributed by atoms with van der Waals surface area (Å²) in [5.74, 6) is 0.688. The molecule has 0 aromatic heterocycles. The number of hydrogen-bond donors (Lipinski definition) is 4. The monoisotopic (exact) mass is 446 g/mol. The summed E-state index contributed by atoms with van der Waals surface area (Å²) in [6, 6.07) is 7.39. The SMILES string of the molecule is CCC(Br)C(CC)Oc1cccc(C(=O)NCCCCCN)c1.O=C(O)O. The highest BCUT2D eigenvalue weighted by molar-refractivity contribution is 9.09. The van der Waals surface area contributed by atoms with Crippen LogP contribution in [0, 0.1) is 0 Å². The molecule has 0 bridgehead atoms. The molecule has 8 heteroatoms. The van der Waals surface area contributed by atoms with Crippen molar-refractivity contribution >= 4 is 28.0 Å². The van der Waals surface area contributed by atoms with E-state index in [0.717, 1.165) is 37.9 Å². The summed E-state index contributed by atoms with van der Waals surface area (Å²) in [4.78, 5) is 21.0. The number of alkyl halides is 1. The third kappa shape index (κ3) is 12.3. The first-order valence-corrected chi connectivity index (χ1v) is 10.1. The molecular formula is C19H31BrN2O5. The van der Waals surface area contributed by atoms with Crippen LogP contribution in [0.1, 0.15) is 56.3 Å². The van der Waals surface area contributed by atoms with Crippen molar-refractivity contribution in [2.24, 2.45) is 5.73 Å². The maximum atomic E-state index is 12.2. The molecule has 1 aromatic rings. The van der Waals surface area contributed by atoms with Gasteiger partial charge in [0.15, 0.2) is 0 Å². The molecule has 1 aromatic carbocycles. The third-order valence-corrected chi connectivity index (χ3v) is 4.98. The number of carbonyl (C=O) groups excluding carboxylic acids is 1. The van der Waals surface area contributed by atoms with Gasteiger partial charge in [-0.1, -0.05) is 42.3 Å². The molecule has 0 radical (unpaired) electrons. The van der Waals surface area contributed by atoms with Crippen molar-refractivity contribution < 1.29 is 24.5 Å². The minimum absolute atomic E-state index is 0.0536. The van der Waals surface area contributed by atoms with Crippen LogP contribution < -0.4 is 15.8 Å². The van der Waals surface area contributed by atoms with Gasteiger partial charge in [-0.3, -0.25) is 4.79 Å². The lowest BCUT2D eigenvalue weighted by molar-refractivity contribution is 0.0951. The smallest absolute Gasteiger partial charge is 0.489 e. The van der Waals surface area contributed by atoms with Crippen LogP contribution in [-0.4, -0.2) is 46.3 Å². The fourth-order valence-electron chi connectivity index (χ4n) is 2.31. The van der Waals surface area contributed by atoms with Crippen LogP contribution in [0.15, 0.2) is 24.3 Å². The molecule has 2 unspecified atom stereocenters. The largest absolute Gasteiger partial charge is 0.503 e. The first-order chi connectivity index (χ1) is 12.8. The van der Waals surface area contributed by atoms with Crippen LogP contribution in [-0.2, 0) is 0 Å². The van der Waals surface area contributed by atoms with Gasteiger partial charge in [-0.25, -0.2) is 4.79 Å². The van der Waals surface area contributed by atoms with E-state index in [1.165, 1.54) is 0 Å². The minimum atomic E-state index is -1.83. The molecular weight excluding hydrogens is 416 g/mol. The van der Waals surface area contributed by atoms with E-state index >= 15 is 0 Å². The number of carbonyl (C=O) groups is 2. The summed E-state index contributed by atoms with van der Waals surface area (Å²) < 4.78 is 6.02. The minimum Gasteiger partial charge on any atom is -0.489 e. The Morgan fingerprint density at radius 3 is 2.41 bits per heavy atom. The van der Waals surface area contributed by atoms with Gasteiger partial charge in [0, 0.05) is 12.1 Å². The Morgan fingerprint density at radius 1 is 1.19 bits per heavy atom. The second-order valence-corrected chi connectivity index (χ2v) is 7.08.